The number of fused-ring (bicyclic) bond motifs is 13. The quantitative estimate of drug-likeness (QED) is 0.189. The van der Waals surface area contributed by atoms with E-state index >= 15 is 0 Å². The van der Waals surface area contributed by atoms with Crippen LogP contribution in [-0.4, -0.2) is 25.7 Å². The molecule has 274 valence electrons. The number of hydrogen-bond donors (Lipinski definition) is 2. The number of aromatic amines is 2. The molecule has 0 spiro atoms. The number of benzene rings is 3. The van der Waals surface area contributed by atoms with Crippen molar-refractivity contribution in [1.29, 1.82) is 0 Å². The van der Waals surface area contributed by atoms with Crippen LogP contribution in [0.3, 0.4) is 0 Å². The zero-order chi connectivity index (χ0) is 37.4. The first-order chi connectivity index (χ1) is 27.5. The van der Waals surface area contributed by atoms with Gasteiger partial charge in [-0.25, -0.2) is 9.97 Å². The fourth-order valence-corrected chi connectivity index (χ4v) is 10.5. The molecular formula is C50H42N4O2. The zero-order valence-corrected chi connectivity index (χ0v) is 31.4. The Morgan fingerprint density at radius 2 is 1.36 bits per heavy atom. The summed E-state index contributed by atoms with van der Waals surface area (Å²) < 4.78 is 7.03. The number of Topliss-reactive ketones (excluding diaryl/α,β-unsaturated/α-hetero) is 1. The SMILES string of the molecule is CC12CCC3c4ccc(Oc5c6nc(c(-c7ccccc7)c7ccc(cc8nc(c(-c9ccccc9)c9ccc5[nH]9)C=C8)[nH]7)C=C6)cc4CCC3C1CCC2=O. The molecule has 5 heterocycles. The Balaban J connectivity index is 1.10. The van der Waals surface area contributed by atoms with Gasteiger partial charge in [0.2, 0.25) is 0 Å². The van der Waals surface area contributed by atoms with Gasteiger partial charge in [0.25, 0.3) is 0 Å². The maximum atomic E-state index is 13.0. The van der Waals surface area contributed by atoms with Crippen LogP contribution in [0.1, 0.15) is 78.8 Å². The van der Waals surface area contributed by atoms with Gasteiger partial charge in [-0.1, -0.05) is 73.7 Å². The molecule has 2 aliphatic heterocycles. The van der Waals surface area contributed by atoms with Gasteiger partial charge in [-0.3, -0.25) is 4.79 Å². The molecule has 6 nitrogen and oxygen atoms in total. The molecule has 11 rings (SSSR count). The number of aryl methyl sites for hydroxylation is 1. The van der Waals surface area contributed by atoms with Gasteiger partial charge in [0.15, 0.2) is 5.75 Å². The molecule has 2 N–H and O–H groups in total. The molecule has 6 aromatic rings. The van der Waals surface area contributed by atoms with E-state index in [-0.39, 0.29) is 5.41 Å². The predicted octanol–water partition coefficient (Wildman–Crippen LogP) is 12.2. The van der Waals surface area contributed by atoms with Gasteiger partial charge in [0.1, 0.15) is 17.2 Å². The molecule has 4 unspecified atom stereocenters. The zero-order valence-electron chi connectivity index (χ0n) is 31.4. The second kappa shape index (κ2) is 12.9. The summed E-state index contributed by atoms with van der Waals surface area (Å²) in [6.07, 6.45) is 14.4. The van der Waals surface area contributed by atoms with E-state index in [4.69, 9.17) is 14.7 Å². The number of carbonyl (C=O) groups excluding carboxylic acids is 1. The third-order valence-corrected chi connectivity index (χ3v) is 13.3. The molecule has 6 heteroatoms. The maximum absolute atomic E-state index is 13.0. The molecule has 3 aromatic heterocycles. The third kappa shape index (κ3) is 5.42. The lowest BCUT2D eigenvalue weighted by atomic mass is 9.55. The second-order valence-electron chi connectivity index (χ2n) is 16.3. The smallest absolute Gasteiger partial charge is 0.176 e. The second-order valence-corrected chi connectivity index (χ2v) is 16.3. The Morgan fingerprint density at radius 3 is 2.16 bits per heavy atom. The van der Waals surface area contributed by atoms with E-state index in [0.717, 1.165) is 111 Å². The number of hydrogen-bond acceptors (Lipinski definition) is 4. The van der Waals surface area contributed by atoms with Crippen molar-refractivity contribution in [1.82, 2.24) is 19.9 Å². The first kappa shape index (κ1) is 33.1. The highest BCUT2D eigenvalue weighted by molar-refractivity contribution is 5.94. The van der Waals surface area contributed by atoms with Crippen LogP contribution in [0, 0.1) is 17.3 Å². The van der Waals surface area contributed by atoms with E-state index in [1.54, 1.807) is 0 Å². The minimum atomic E-state index is -0.124. The molecule has 2 saturated carbocycles. The number of ether oxygens (including phenoxy) is 1. The number of H-pyrrole nitrogens is 2. The Hall–Kier alpha value is -6.27. The fraction of sp³-hybridized carbons (Fsp3) is 0.220. The number of carbonyl (C=O) groups is 1. The summed E-state index contributed by atoms with van der Waals surface area (Å²) in [4.78, 5) is 30.8. The Morgan fingerprint density at radius 1 is 0.661 bits per heavy atom. The fourth-order valence-electron chi connectivity index (χ4n) is 10.5. The minimum Gasteiger partial charge on any atom is -0.453 e. The number of nitrogens with one attached hydrogen (secondary N) is 2. The Bertz CT molecular complexity index is 2760. The number of rotatable bonds is 4. The molecule has 5 aliphatic rings. The van der Waals surface area contributed by atoms with E-state index in [2.05, 4.69) is 138 Å². The largest absolute Gasteiger partial charge is 0.453 e. The van der Waals surface area contributed by atoms with Gasteiger partial charge in [0, 0.05) is 39.5 Å². The normalized spacial score (nSPS) is 22.1. The summed E-state index contributed by atoms with van der Waals surface area (Å²) in [5, 5.41) is 0. The van der Waals surface area contributed by atoms with Crippen LogP contribution in [0.2, 0.25) is 0 Å². The molecule has 3 aromatic carbocycles. The number of aromatic nitrogens is 4. The van der Waals surface area contributed by atoms with Crippen molar-refractivity contribution >= 4 is 52.2 Å². The highest BCUT2D eigenvalue weighted by Gasteiger charge is 2.54. The molecule has 0 radical (unpaired) electrons. The van der Waals surface area contributed by atoms with Gasteiger partial charge in [0.05, 0.1) is 22.6 Å². The minimum absolute atomic E-state index is 0.124. The molecule has 0 saturated heterocycles. The van der Waals surface area contributed by atoms with E-state index < -0.39 is 0 Å². The van der Waals surface area contributed by atoms with Crippen LogP contribution in [0.15, 0.2) is 109 Å². The molecular weight excluding hydrogens is 689 g/mol. The number of nitrogens with zero attached hydrogens (tertiary/aromatic N) is 2. The topological polar surface area (TPSA) is 83.7 Å². The van der Waals surface area contributed by atoms with Gasteiger partial charge in [-0.05, 0) is 139 Å². The summed E-state index contributed by atoms with van der Waals surface area (Å²) >= 11 is 0. The first-order valence-electron chi connectivity index (χ1n) is 20.1. The van der Waals surface area contributed by atoms with E-state index in [9.17, 15) is 4.79 Å². The standard InChI is InChI=1S/C50H42N4O2/c1-50-27-26-37-36-17-15-35(28-32(36)12-16-38(37)39(50)18-25-46(50)55)56-49-44-23-21-42(53-44)47(30-8-4-2-5-9-30)40-19-13-33(51-40)29-34-14-20-41(52-34)48(31-10-6-3-7-11-31)43-22-24-45(49)54-43/h2-11,13-15,17,19-24,28-29,37-39,51,54H,12,16,18,25-27H2,1H3. The predicted molar refractivity (Wildman–Crippen MR) is 226 cm³/mol. The van der Waals surface area contributed by atoms with E-state index in [1.165, 1.54) is 11.1 Å². The van der Waals surface area contributed by atoms with Crippen LogP contribution in [0.4, 0.5) is 0 Å². The average Bonchev–Trinajstić information content (AvgIpc) is 4.09. The summed E-state index contributed by atoms with van der Waals surface area (Å²) in [6, 6.07) is 38.1. The molecule has 2 fully saturated rings. The molecule has 4 atom stereocenters. The van der Waals surface area contributed by atoms with Crippen LogP contribution in [0.5, 0.6) is 11.5 Å². The highest BCUT2D eigenvalue weighted by atomic mass is 16.5. The van der Waals surface area contributed by atoms with Crippen LogP contribution in [0.25, 0.3) is 68.6 Å². The monoisotopic (exact) mass is 730 g/mol. The summed E-state index contributed by atoms with van der Waals surface area (Å²) in [5.74, 6) is 3.55. The van der Waals surface area contributed by atoms with Crippen molar-refractivity contribution in [2.24, 2.45) is 17.3 Å². The van der Waals surface area contributed by atoms with E-state index in [0.29, 0.717) is 29.3 Å². The Labute approximate surface area is 326 Å². The van der Waals surface area contributed by atoms with Crippen molar-refractivity contribution in [3.63, 3.8) is 0 Å². The lowest BCUT2D eigenvalue weighted by molar-refractivity contribution is -0.129. The highest BCUT2D eigenvalue weighted by Crippen LogP contribution is 2.59. The van der Waals surface area contributed by atoms with Gasteiger partial charge >= 0.3 is 0 Å². The van der Waals surface area contributed by atoms with Gasteiger partial charge in [-0.15, -0.1) is 0 Å². The molecule has 56 heavy (non-hydrogen) atoms. The van der Waals surface area contributed by atoms with Gasteiger partial charge < -0.3 is 14.7 Å². The first-order valence-corrected chi connectivity index (χ1v) is 20.1. The Kier molecular flexibility index (Phi) is 7.63. The van der Waals surface area contributed by atoms with E-state index in [1.807, 2.05) is 12.1 Å². The summed E-state index contributed by atoms with van der Waals surface area (Å²) in [6.45, 7) is 2.25. The van der Waals surface area contributed by atoms with Crippen molar-refractivity contribution < 1.29 is 9.53 Å². The lowest BCUT2D eigenvalue weighted by Crippen LogP contribution is -2.42. The number of ketones is 1. The summed E-state index contributed by atoms with van der Waals surface area (Å²) in [7, 11) is 0. The van der Waals surface area contributed by atoms with Crippen LogP contribution in [-0.2, 0) is 11.2 Å². The summed E-state index contributed by atoms with van der Waals surface area (Å²) in [5.41, 5.74) is 14.0. The van der Waals surface area contributed by atoms with Crippen molar-refractivity contribution in [3.8, 4) is 33.8 Å². The molecule has 0 amide bonds. The molecule has 8 bridgehead atoms. The third-order valence-electron chi connectivity index (χ3n) is 13.3. The molecule has 3 aliphatic carbocycles. The van der Waals surface area contributed by atoms with Crippen LogP contribution < -0.4 is 4.74 Å². The van der Waals surface area contributed by atoms with Crippen LogP contribution >= 0.6 is 0 Å². The van der Waals surface area contributed by atoms with Crippen molar-refractivity contribution in [2.45, 2.75) is 51.4 Å². The van der Waals surface area contributed by atoms with Crippen molar-refractivity contribution in [2.75, 3.05) is 0 Å². The van der Waals surface area contributed by atoms with Crippen molar-refractivity contribution in [3.05, 3.63) is 143 Å². The average molecular weight is 731 g/mol. The lowest BCUT2D eigenvalue weighted by Gasteiger charge is -2.48. The maximum Gasteiger partial charge on any atom is 0.176 e. The van der Waals surface area contributed by atoms with Gasteiger partial charge in [-0.2, -0.15) is 0 Å².